The van der Waals surface area contributed by atoms with Crippen LogP contribution in [-0.4, -0.2) is 42.9 Å². The van der Waals surface area contributed by atoms with Crippen molar-refractivity contribution in [3.63, 3.8) is 0 Å². The number of anilines is 1. The summed E-state index contributed by atoms with van der Waals surface area (Å²) in [5.74, 6) is -1.09. The van der Waals surface area contributed by atoms with Gasteiger partial charge in [-0.1, -0.05) is 12.1 Å². The second-order valence-corrected chi connectivity index (χ2v) is 5.03. The molecule has 2 rings (SSSR count). The second-order valence-electron chi connectivity index (χ2n) is 5.03. The van der Waals surface area contributed by atoms with E-state index in [1.807, 2.05) is 0 Å². The highest BCUT2D eigenvalue weighted by atomic mass is 16.5. The quantitative estimate of drug-likeness (QED) is 0.617. The number of benzene rings is 1. The summed E-state index contributed by atoms with van der Waals surface area (Å²) in [4.78, 5) is 47.0. The Morgan fingerprint density at radius 1 is 1.22 bits per heavy atom. The summed E-state index contributed by atoms with van der Waals surface area (Å²) >= 11 is 0. The van der Waals surface area contributed by atoms with E-state index in [-0.39, 0.29) is 24.7 Å². The van der Waals surface area contributed by atoms with Crippen molar-refractivity contribution in [1.29, 1.82) is 0 Å². The number of hydrogen-bond donors (Lipinski definition) is 2. The fraction of sp³-hybridized carbons (Fsp3) is 0.333. The molecule has 0 radical (unpaired) electrons. The molecule has 0 aliphatic carbocycles. The van der Waals surface area contributed by atoms with Crippen molar-refractivity contribution >= 4 is 29.5 Å². The number of nitrogens with zero attached hydrogens (tertiary/aromatic N) is 1. The van der Waals surface area contributed by atoms with Gasteiger partial charge in [0.2, 0.25) is 5.91 Å². The van der Waals surface area contributed by atoms with Crippen LogP contribution in [0.3, 0.4) is 0 Å². The summed E-state index contributed by atoms with van der Waals surface area (Å²) in [5, 5.41) is 5.21. The molecule has 1 fully saturated rings. The van der Waals surface area contributed by atoms with Crippen LogP contribution < -0.4 is 10.6 Å². The van der Waals surface area contributed by atoms with Gasteiger partial charge in [-0.3, -0.25) is 19.3 Å². The first-order chi connectivity index (χ1) is 10.9. The molecule has 8 nitrogen and oxygen atoms in total. The summed E-state index contributed by atoms with van der Waals surface area (Å²) in [6.07, 6.45) is 0.0335. The van der Waals surface area contributed by atoms with Crippen LogP contribution in [0.4, 0.5) is 10.5 Å². The molecule has 1 atom stereocenters. The molecule has 1 aliphatic heterocycles. The molecule has 23 heavy (non-hydrogen) atoms. The molecule has 0 bridgehead atoms. The van der Waals surface area contributed by atoms with Crippen LogP contribution in [0, 0.1) is 0 Å². The number of hydrogen-bond acceptors (Lipinski definition) is 5. The minimum atomic E-state index is -0.712. The van der Waals surface area contributed by atoms with Crippen molar-refractivity contribution in [3.05, 3.63) is 29.8 Å². The Kier molecular flexibility index (Phi) is 4.95. The summed E-state index contributed by atoms with van der Waals surface area (Å²) in [6.45, 7) is 0. The molecule has 1 heterocycles. The van der Waals surface area contributed by atoms with Crippen LogP contribution >= 0.6 is 0 Å². The van der Waals surface area contributed by atoms with Crippen molar-refractivity contribution in [2.75, 3.05) is 19.5 Å². The lowest BCUT2D eigenvalue weighted by atomic mass is 10.1. The molecule has 1 aliphatic rings. The molecule has 2 N–H and O–H groups in total. The third-order valence-electron chi connectivity index (χ3n) is 3.46. The lowest BCUT2D eigenvalue weighted by molar-refractivity contribution is -0.141. The van der Waals surface area contributed by atoms with E-state index in [0.29, 0.717) is 11.3 Å². The third kappa shape index (κ3) is 3.85. The highest BCUT2D eigenvalue weighted by Gasteiger charge is 2.36. The zero-order chi connectivity index (χ0) is 17.0. The third-order valence-corrected chi connectivity index (χ3v) is 3.46. The number of nitrogens with one attached hydrogen (secondary N) is 2. The monoisotopic (exact) mass is 319 g/mol. The molecule has 0 saturated carbocycles. The first-order valence-corrected chi connectivity index (χ1v) is 6.97. The minimum Gasteiger partial charge on any atom is -0.469 e. The number of ether oxygens (including phenoxy) is 1. The molecule has 4 amide bonds. The summed E-state index contributed by atoms with van der Waals surface area (Å²) in [6, 6.07) is 5.40. The molecular formula is C15H17N3O5. The second kappa shape index (κ2) is 6.91. The van der Waals surface area contributed by atoms with Gasteiger partial charge in [-0.2, -0.15) is 0 Å². The van der Waals surface area contributed by atoms with Gasteiger partial charge in [0, 0.05) is 19.2 Å². The maximum Gasteiger partial charge on any atom is 0.324 e. The largest absolute Gasteiger partial charge is 0.469 e. The minimum absolute atomic E-state index is 0.00928. The van der Waals surface area contributed by atoms with Crippen LogP contribution in [0.1, 0.15) is 24.4 Å². The SMILES string of the molecule is COC(=O)CCC(=O)Nc1ccc(C2NC(=O)N(C)C2=O)cc1. The molecule has 0 spiro atoms. The topological polar surface area (TPSA) is 105 Å². The van der Waals surface area contributed by atoms with Crippen molar-refractivity contribution < 1.29 is 23.9 Å². The normalized spacial score (nSPS) is 17.0. The van der Waals surface area contributed by atoms with Gasteiger partial charge in [0.15, 0.2) is 0 Å². The van der Waals surface area contributed by atoms with E-state index >= 15 is 0 Å². The number of carbonyl (C=O) groups excluding carboxylic acids is 4. The zero-order valence-electron chi connectivity index (χ0n) is 12.8. The van der Waals surface area contributed by atoms with Gasteiger partial charge in [0.1, 0.15) is 6.04 Å². The summed E-state index contributed by atoms with van der Waals surface area (Å²) in [7, 11) is 2.67. The Hall–Kier alpha value is -2.90. The number of rotatable bonds is 5. The lowest BCUT2D eigenvalue weighted by Gasteiger charge is -2.10. The van der Waals surface area contributed by atoms with Gasteiger partial charge in [-0.15, -0.1) is 0 Å². The van der Waals surface area contributed by atoms with Crippen molar-refractivity contribution in [2.24, 2.45) is 0 Å². The van der Waals surface area contributed by atoms with E-state index < -0.39 is 18.0 Å². The first-order valence-electron chi connectivity index (χ1n) is 6.97. The Morgan fingerprint density at radius 3 is 2.39 bits per heavy atom. The molecule has 0 aromatic heterocycles. The van der Waals surface area contributed by atoms with E-state index in [9.17, 15) is 19.2 Å². The Balaban J connectivity index is 1.95. The smallest absolute Gasteiger partial charge is 0.324 e. The maximum atomic E-state index is 11.9. The summed E-state index contributed by atoms with van der Waals surface area (Å²) < 4.78 is 4.46. The molecule has 1 saturated heterocycles. The van der Waals surface area contributed by atoms with E-state index in [4.69, 9.17) is 0 Å². The van der Waals surface area contributed by atoms with E-state index in [1.54, 1.807) is 24.3 Å². The average molecular weight is 319 g/mol. The van der Waals surface area contributed by atoms with Crippen LogP contribution in [0.25, 0.3) is 0 Å². The summed E-state index contributed by atoms with van der Waals surface area (Å²) in [5.41, 5.74) is 1.16. The van der Waals surface area contributed by atoms with Crippen LogP contribution in [-0.2, 0) is 19.1 Å². The van der Waals surface area contributed by atoms with E-state index in [0.717, 1.165) is 4.90 Å². The average Bonchev–Trinajstić information content (AvgIpc) is 2.81. The van der Waals surface area contributed by atoms with Crippen LogP contribution in [0.2, 0.25) is 0 Å². The van der Waals surface area contributed by atoms with Gasteiger partial charge in [0.05, 0.1) is 13.5 Å². The number of urea groups is 1. The van der Waals surface area contributed by atoms with Gasteiger partial charge in [-0.25, -0.2) is 4.79 Å². The molecule has 1 unspecified atom stereocenters. The fourth-order valence-electron chi connectivity index (χ4n) is 2.10. The van der Waals surface area contributed by atoms with E-state index in [2.05, 4.69) is 15.4 Å². The predicted octanol–water partition coefficient (Wildman–Crippen LogP) is 0.801. The van der Waals surface area contributed by atoms with Gasteiger partial charge in [0.25, 0.3) is 5.91 Å². The maximum absolute atomic E-state index is 11.9. The van der Waals surface area contributed by atoms with Crippen LogP contribution in [0.15, 0.2) is 24.3 Å². The highest BCUT2D eigenvalue weighted by molar-refractivity contribution is 6.04. The van der Waals surface area contributed by atoms with Crippen LogP contribution in [0.5, 0.6) is 0 Å². The molecule has 8 heteroatoms. The van der Waals surface area contributed by atoms with Gasteiger partial charge >= 0.3 is 12.0 Å². The number of amides is 4. The number of methoxy groups -OCH3 is 1. The number of imide groups is 1. The van der Waals surface area contributed by atoms with E-state index in [1.165, 1.54) is 14.2 Å². The lowest BCUT2D eigenvalue weighted by Crippen LogP contribution is -2.25. The van der Waals surface area contributed by atoms with Gasteiger partial charge < -0.3 is 15.4 Å². The number of likely N-dealkylation sites (N-methyl/N-ethyl adjacent to an activating group) is 1. The predicted molar refractivity (Wildman–Crippen MR) is 80.4 cm³/mol. The van der Waals surface area contributed by atoms with Gasteiger partial charge in [-0.05, 0) is 17.7 Å². The zero-order valence-corrected chi connectivity index (χ0v) is 12.8. The standard InChI is InChI=1S/C15H17N3O5/c1-18-14(21)13(17-15(18)22)9-3-5-10(6-4-9)16-11(19)7-8-12(20)23-2/h3-6,13H,7-8H2,1-2H3,(H,16,19)(H,17,22). The number of carbonyl (C=O) groups is 4. The molecule has 122 valence electrons. The first kappa shape index (κ1) is 16.5. The number of esters is 1. The molecule has 1 aromatic rings. The highest BCUT2D eigenvalue weighted by Crippen LogP contribution is 2.22. The van der Waals surface area contributed by atoms with Crippen molar-refractivity contribution in [3.8, 4) is 0 Å². The Labute approximate surface area is 132 Å². The fourth-order valence-corrected chi connectivity index (χ4v) is 2.10. The van der Waals surface area contributed by atoms with Crippen molar-refractivity contribution in [1.82, 2.24) is 10.2 Å². The molecular weight excluding hydrogens is 302 g/mol. The molecule has 1 aromatic carbocycles. The van der Waals surface area contributed by atoms with Crippen molar-refractivity contribution in [2.45, 2.75) is 18.9 Å². The Bertz CT molecular complexity index is 641. The Morgan fingerprint density at radius 2 is 1.87 bits per heavy atom.